The van der Waals surface area contributed by atoms with Crippen molar-refractivity contribution in [2.45, 2.75) is 61.8 Å². The Hall–Kier alpha value is -0.570. The van der Waals surface area contributed by atoms with Crippen molar-refractivity contribution < 1.29 is 9.90 Å². The van der Waals surface area contributed by atoms with E-state index in [4.69, 9.17) is 23.2 Å². The maximum Gasteiger partial charge on any atom is 0.208 e. The number of carbonyl (C=O) groups excluding carboxylic acids is 1. The second-order valence-corrected chi connectivity index (χ2v) is 8.30. The second-order valence-electron chi connectivity index (χ2n) is 6.97. The highest BCUT2D eigenvalue weighted by atomic mass is 35.5. The molecule has 0 spiro atoms. The number of hydrogen-bond donors (Lipinski definition) is 1. The molecule has 0 aromatic heterocycles. The van der Waals surface area contributed by atoms with E-state index in [2.05, 4.69) is 20.8 Å². The van der Waals surface area contributed by atoms with Crippen LogP contribution in [0, 0.1) is 0 Å². The van der Waals surface area contributed by atoms with Crippen molar-refractivity contribution >= 4 is 29.0 Å². The first-order valence-corrected chi connectivity index (χ1v) is 8.09. The van der Waals surface area contributed by atoms with Gasteiger partial charge in [0.05, 0.1) is 0 Å². The standard InChI is InChI=1S/C17H22Cl2O2/c1-15(2,3)13-8-6-12(7-9-13)14(20)17(18,19)16(21)10-4-5-11-16/h6-9,21H,4-5,10-11H2,1-3H3. The third-order valence-electron chi connectivity index (χ3n) is 4.31. The summed E-state index contributed by atoms with van der Waals surface area (Å²) in [6.07, 6.45) is 2.61. The summed E-state index contributed by atoms with van der Waals surface area (Å²) in [5.74, 6) is -0.421. The summed E-state index contributed by atoms with van der Waals surface area (Å²) in [6.45, 7) is 6.33. The molecule has 1 aliphatic rings. The smallest absolute Gasteiger partial charge is 0.208 e. The molecule has 0 bridgehead atoms. The summed E-state index contributed by atoms with van der Waals surface area (Å²) in [7, 11) is 0. The molecule has 0 saturated heterocycles. The summed E-state index contributed by atoms with van der Waals surface area (Å²) >= 11 is 12.5. The molecule has 1 N–H and O–H groups in total. The van der Waals surface area contributed by atoms with Gasteiger partial charge in [-0.1, -0.05) is 81.1 Å². The molecule has 0 unspecified atom stereocenters. The maximum absolute atomic E-state index is 12.6. The Morgan fingerprint density at radius 1 is 1.10 bits per heavy atom. The molecule has 0 atom stereocenters. The molecule has 1 aromatic rings. The van der Waals surface area contributed by atoms with E-state index in [0.717, 1.165) is 18.4 Å². The zero-order chi connectivity index (χ0) is 15.9. The number of halogens is 2. The lowest BCUT2D eigenvalue weighted by Crippen LogP contribution is -2.49. The van der Waals surface area contributed by atoms with Gasteiger partial charge in [0.15, 0.2) is 0 Å². The summed E-state index contributed by atoms with van der Waals surface area (Å²) < 4.78 is -1.78. The molecule has 0 heterocycles. The molecule has 21 heavy (non-hydrogen) atoms. The highest BCUT2D eigenvalue weighted by Crippen LogP contribution is 2.46. The van der Waals surface area contributed by atoms with Crippen LogP contribution in [0.1, 0.15) is 62.4 Å². The van der Waals surface area contributed by atoms with Crippen LogP contribution < -0.4 is 0 Å². The first kappa shape index (κ1) is 16.8. The fourth-order valence-electron chi connectivity index (χ4n) is 2.79. The number of aliphatic hydroxyl groups is 1. The SMILES string of the molecule is CC(C)(C)c1ccc(C(=O)C(Cl)(Cl)C2(O)CCCC2)cc1. The van der Waals surface area contributed by atoms with Crippen LogP contribution in [0.2, 0.25) is 0 Å². The molecule has 2 nitrogen and oxygen atoms in total. The zero-order valence-corrected chi connectivity index (χ0v) is 14.3. The molecule has 2 rings (SSSR count). The molecular formula is C17H22Cl2O2. The maximum atomic E-state index is 12.6. The van der Waals surface area contributed by atoms with Gasteiger partial charge in [0, 0.05) is 5.56 Å². The van der Waals surface area contributed by atoms with Crippen LogP contribution in [-0.2, 0) is 5.41 Å². The molecule has 0 radical (unpaired) electrons. The minimum atomic E-state index is -1.78. The van der Waals surface area contributed by atoms with Crippen molar-refractivity contribution in [1.82, 2.24) is 0 Å². The van der Waals surface area contributed by atoms with E-state index in [9.17, 15) is 9.90 Å². The van der Waals surface area contributed by atoms with Gasteiger partial charge in [0.1, 0.15) is 5.60 Å². The van der Waals surface area contributed by atoms with Crippen LogP contribution in [-0.4, -0.2) is 20.8 Å². The lowest BCUT2D eigenvalue weighted by Gasteiger charge is -2.34. The largest absolute Gasteiger partial charge is 0.386 e. The van der Waals surface area contributed by atoms with Crippen LogP contribution >= 0.6 is 23.2 Å². The Bertz CT molecular complexity index is 521. The van der Waals surface area contributed by atoms with E-state index in [1.54, 1.807) is 12.1 Å². The molecule has 1 saturated carbocycles. The molecule has 0 amide bonds. The Balaban J connectivity index is 2.27. The fourth-order valence-corrected chi connectivity index (χ4v) is 3.38. The third kappa shape index (κ3) is 3.13. The van der Waals surface area contributed by atoms with Gasteiger partial charge in [-0.2, -0.15) is 0 Å². The van der Waals surface area contributed by atoms with E-state index in [-0.39, 0.29) is 5.41 Å². The highest BCUT2D eigenvalue weighted by Gasteiger charge is 2.54. The van der Waals surface area contributed by atoms with Crippen LogP contribution in [0.25, 0.3) is 0 Å². The lowest BCUT2D eigenvalue weighted by molar-refractivity contribution is 0.0292. The van der Waals surface area contributed by atoms with Crippen LogP contribution in [0.4, 0.5) is 0 Å². The second kappa shape index (κ2) is 5.57. The number of rotatable bonds is 3. The third-order valence-corrected chi connectivity index (χ3v) is 5.36. The van der Waals surface area contributed by atoms with Crippen molar-refractivity contribution in [3.05, 3.63) is 35.4 Å². The molecule has 1 aliphatic carbocycles. The molecule has 116 valence electrons. The summed E-state index contributed by atoms with van der Waals surface area (Å²) in [4.78, 5) is 12.6. The van der Waals surface area contributed by atoms with Gasteiger partial charge in [0.2, 0.25) is 10.1 Å². The molecular weight excluding hydrogens is 307 g/mol. The van der Waals surface area contributed by atoms with Gasteiger partial charge in [-0.25, -0.2) is 0 Å². The predicted octanol–water partition coefficient (Wildman–Crippen LogP) is 4.65. The predicted molar refractivity (Wildman–Crippen MR) is 87.3 cm³/mol. The molecule has 4 heteroatoms. The minimum absolute atomic E-state index is 0.0181. The number of carbonyl (C=O) groups is 1. The Kier molecular flexibility index (Phi) is 4.45. The van der Waals surface area contributed by atoms with Gasteiger partial charge in [-0.3, -0.25) is 4.79 Å². The Labute approximate surface area is 136 Å². The fraction of sp³-hybridized carbons (Fsp3) is 0.588. The normalized spacial score (nSPS) is 18.8. The Morgan fingerprint density at radius 2 is 1.57 bits per heavy atom. The number of hydrogen-bond acceptors (Lipinski definition) is 2. The molecule has 1 fully saturated rings. The van der Waals surface area contributed by atoms with Crippen molar-refractivity contribution in [1.29, 1.82) is 0 Å². The monoisotopic (exact) mass is 328 g/mol. The first-order valence-electron chi connectivity index (χ1n) is 7.33. The van der Waals surface area contributed by atoms with Crippen molar-refractivity contribution in [3.8, 4) is 0 Å². The zero-order valence-electron chi connectivity index (χ0n) is 12.7. The van der Waals surface area contributed by atoms with Gasteiger partial charge in [-0.15, -0.1) is 0 Å². The van der Waals surface area contributed by atoms with E-state index in [0.29, 0.717) is 18.4 Å². The molecule has 1 aromatic carbocycles. The van der Waals surface area contributed by atoms with Gasteiger partial charge in [-0.05, 0) is 23.8 Å². The number of alkyl halides is 2. The average molecular weight is 329 g/mol. The van der Waals surface area contributed by atoms with E-state index in [1.807, 2.05) is 12.1 Å². The minimum Gasteiger partial charge on any atom is -0.386 e. The number of benzene rings is 1. The first-order chi connectivity index (χ1) is 9.58. The highest BCUT2D eigenvalue weighted by molar-refractivity contribution is 6.60. The van der Waals surface area contributed by atoms with Crippen molar-refractivity contribution in [3.63, 3.8) is 0 Å². The molecule has 0 aliphatic heterocycles. The summed E-state index contributed by atoms with van der Waals surface area (Å²) in [5.41, 5.74) is 0.266. The van der Waals surface area contributed by atoms with Crippen LogP contribution in [0.5, 0.6) is 0 Å². The topological polar surface area (TPSA) is 37.3 Å². The summed E-state index contributed by atoms with van der Waals surface area (Å²) in [5, 5.41) is 10.5. The lowest BCUT2D eigenvalue weighted by atomic mass is 9.85. The van der Waals surface area contributed by atoms with E-state index < -0.39 is 15.7 Å². The van der Waals surface area contributed by atoms with Crippen LogP contribution in [0.15, 0.2) is 24.3 Å². The van der Waals surface area contributed by atoms with Crippen molar-refractivity contribution in [2.75, 3.05) is 0 Å². The van der Waals surface area contributed by atoms with Gasteiger partial charge in [0.25, 0.3) is 0 Å². The Morgan fingerprint density at radius 3 is 2.00 bits per heavy atom. The van der Waals surface area contributed by atoms with Crippen LogP contribution in [0.3, 0.4) is 0 Å². The number of ketones is 1. The summed E-state index contributed by atoms with van der Waals surface area (Å²) in [6, 6.07) is 7.30. The van der Waals surface area contributed by atoms with E-state index >= 15 is 0 Å². The average Bonchev–Trinajstić information content (AvgIpc) is 2.85. The van der Waals surface area contributed by atoms with Gasteiger partial charge < -0.3 is 5.11 Å². The van der Waals surface area contributed by atoms with E-state index in [1.165, 1.54) is 0 Å². The quantitative estimate of drug-likeness (QED) is 0.648. The van der Waals surface area contributed by atoms with Crippen molar-refractivity contribution in [2.24, 2.45) is 0 Å². The number of Topliss-reactive ketones (excluding diaryl/α,β-unsaturated/α-hetero) is 1. The van der Waals surface area contributed by atoms with Gasteiger partial charge >= 0.3 is 0 Å².